The lowest BCUT2D eigenvalue weighted by atomic mass is 10.3. The SMILES string of the molecule is O=C(O)CCCOC(=O)NSNCC(=O)O. The van der Waals surface area contributed by atoms with Gasteiger partial charge in [0.2, 0.25) is 0 Å². The van der Waals surface area contributed by atoms with Crippen molar-refractivity contribution in [3.05, 3.63) is 0 Å². The van der Waals surface area contributed by atoms with Crippen molar-refractivity contribution in [2.75, 3.05) is 13.2 Å². The number of carboxylic acid groups (broad SMARTS) is 2. The van der Waals surface area contributed by atoms with Gasteiger partial charge in [0.15, 0.2) is 0 Å². The van der Waals surface area contributed by atoms with E-state index in [9.17, 15) is 14.4 Å². The van der Waals surface area contributed by atoms with Gasteiger partial charge >= 0.3 is 18.0 Å². The van der Waals surface area contributed by atoms with Gasteiger partial charge in [-0.25, -0.2) is 9.52 Å². The van der Waals surface area contributed by atoms with E-state index < -0.39 is 18.0 Å². The first kappa shape index (κ1) is 14.5. The molecule has 0 heterocycles. The van der Waals surface area contributed by atoms with Gasteiger partial charge in [0.25, 0.3) is 0 Å². The van der Waals surface area contributed by atoms with Crippen molar-refractivity contribution in [1.82, 2.24) is 9.44 Å². The summed E-state index contributed by atoms with van der Waals surface area (Å²) in [5.41, 5.74) is 0. The van der Waals surface area contributed by atoms with E-state index in [0.717, 1.165) is 0 Å². The summed E-state index contributed by atoms with van der Waals surface area (Å²) in [6, 6.07) is 0. The Labute approximate surface area is 95.6 Å². The van der Waals surface area contributed by atoms with Crippen molar-refractivity contribution >= 4 is 30.2 Å². The maximum absolute atomic E-state index is 10.8. The first-order chi connectivity index (χ1) is 7.52. The minimum atomic E-state index is -1.05. The molecule has 0 aromatic carbocycles. The minimum Gasteiger partial charge on any atom is -0.481 e. The van der Waals surface area contributed by atoms with E-state index in [1.54, 1.807) is 0 Å². The molecule has 0 radical (unpaired) electrons. The summed E-state index contributed by atoms with van der Waals surface area (Å²) < 4.78 is 9.07. The quantitative estimate of drug-likeness (QED) is 0.346. The Morgan fingerprint density at radius 2 is 1.88 bits per heavy atom. The molecule has 0 unspecified atom stereocenters. The number of rotatable bonds is 8. The largest absolute Gasteiger partial charge is 0.481 e. The van der Waals surface area contributed by atoms with Crippen LogP contribution in [0.25, 0.3) is 0 Å². The number of hydrogen-bond acceptors (Lipinski definition) is 6. The molecule has 0 atom stereocenters. The fourth-order valence-corrected chi connectivity index (χ4v) is 1.00. The van der Waals surface area contributed by atoms with E-state index in [4.69, 9.17) is 10.2 Å². The number of carboxylic acids is 2. The van der Waals surface area contributed by atoms with E-state index in [1.807, 2.05) is 0 Å². The van der Waals surface area contributed by atoms with E-state index in [-0.39, 0.29) is 26.0 Å². The maximum atomic E-state index is 10.8. The van der Waals surface area contributed by atoms with E-state index in [1.165, 1.54) is 0 Å². The van der Waals surface area contributed by atoms with Gasteiger partial charge in [-0.2, -0.15) is 0 Å². The van der Waals surface area contributed by atoms with Crippen LogP contribution in [-0.4, -0.2) is 41.4 Å². The number of amides is 1. The molecule has 8 nitrogen and oxygen atoms in total. The number of nitrogens with one attached hydrogen (secondary N) is 2. The van der Waals surface area contributed by atoms with Crippen LogP contribution in [0.1, 0.15) is 12.8 Å². The van der Waals surface area contributed by atoms with Crippen LogP contribution < -0.4 is 9.44 Å². The predicted molar refractivity (Wildman–Crippen MR) is 54.6 cm³/mol. The molecule has 0 spiro atoms. The highest BCUT2D eigenvalue weighted by atomic mass is 32.2. The molecule has 92 valence electrons. The van der Waals surface area contributed by atoms with Crippen molar-refractivity contribution < 1.29 is 29.3 Å². The van der Waals surface area contributed by atoms with Gasteiger partial charge in [-0.15, -0.1) is 0 Å². The summed E-state index contributed by atoms with van der Waals surface area (Å²) in [6.45, 7) is -0.304. The van der Waals surface area contributed by atoms with Crippen LogP contribution in [0.5, 0.6) is 0 Å². The fraction of sp³-hybridized carbons (Fsp3) is 0.571. The summed E-state index contributed by atoms with van der Waals surface area (Å²) in [7, 11) is 0. The molecule has 0 bridgehead atoms. The van der Waals surface area contributed by atoms with Gasteiger partial charge in [-0.05, 0) is 6.42 Å². The molecule has 0 aliphatic carbocycles. The van der Waals surface area contributed by atoms with Crippen molar-refractivity contribution in [2.45, 2.75) is 12.8 Å². The Balaban J connectivity index is 3.31. The zero-order valence-corrected chi connectivity index (χ0v) is 9.08. The van der Waals surface area contributed by atoms with E-state index in [2.05, 4.69) is 14.2 Å². The molecule has 1 amide bonds. The molecule has 0 saturated carbocycles. The highest BCUT2D eigenvalue weighted by molar-refractivity contribution is 7.96. The number of hydrogen-bond donors (Lipinski definition) is 4. The normalized spacial score (nSPS) is 9.50. The second kappa shape index (κ2) is 8.80. The Morgan fingerprint density at radius 1 is 1.19 bits per heavy atom. The Morgan fingerprint density at radius 3 is 2.44 bits per heavy atom. The zero-order chi connectivity index (χ0) is 12.4. The van der Waals surface area contributed by atoms with Crippen LogP contribution in [0.15, 0.2) is 0 Å². The Kier molecular flexibility index (Phi) is 7.98. The molecule has 0 fully saturated rings. The summed E-state index contributed by atoms with van der Waals surface area (Å²) in [6.07, 6.45) is -0.596. The van der Waals surface area contributed by atoms with Crippen LogP contribution >= 0.6 is 12.1 Å². The number of carbonyl (C=O) groups excluding carboxylic acids is 1. The van der Waals surface area contributed by atoms with Crippen LogP contribution in [0.3, 0.4) is 0 Å². The third kappa shape index (κ3) is 10.6. The lowest BCUT2D eigenvalue weighted by Crippen LogP contribution is -2.25. The average Bonchev–Trinajstić information content (AvgIpc) is 2.19. The van der Waals surface area contributed by atoms with E-state index >= 15 is 0 Å². The van der Waals surface area contributed by atoms with Gasteiger partial charge < -0.3 is 14.9 Å². The van der Waals surface area contributed by atoms with Gasteiger partial charge in [0, 0.05) is 18.6 Å². The lowest BCUT2D eigenvalue weighted by molar-refractivity contribution is -0.137. The molecular formula is C7H12N2O6S. The lowest BCUT2D eigenvalue weighted by Gasteiger charge is -2.04. The molecule has 16 heavy (non-hydrogen) atoms. The van der Waals surface area contributed by atoms with Crippen molar-refractivity contribution in [3.63, 3.8) is 0 Å². The molecule has 0 aromatic rings. The fourth-order valence-electron chi connectivity index (χ4n) is 0.593. The summed E-state index contributed by atoms with van der Waals surface area (Å²) in [5.74, 6) is -2.01. The molecule has 0 aliphatic heterocycles. The summed E-state index contributed by atoms with van der Waals surface area (Å²) >= 11 is 0.682. The topological polar surface area (TPSA) is 125 Å². The van der Waals surface area contributed by atoms with Gasteiger partial charge in [0.1, 0.15) is 6.54 Å². The second-order valence-corrected chi connectivity index (χ2v) is 3.25. The third-order valence-electron chi connectivity index (χ3n) is 1.20. The predicted octanol–water partition coefficient (Wildman–Crippen LogP) is -0.185. The standard InChI is InChI=1S/C7H12N2O6S/c10-5(11)2-1-3-15-7(14)9-16-8-4-6(12)13/h8H,1-4H2,(H,9,14)(H,10,11)(H,12,13). The number of ether oxygens (including phenoxy) is 1. The first-order valence-electron chi connectivity index (χ1n) is 4.27. The molecule has 4 N–H and O–H groups in total. The van der Waals surface area contributed by atoms with Gasteiger partial charge in [-0.1, -0.05) is 0 Å². The molecule has 0 rings (SSSR count). The number of aliphatic carboxylic acids is 2. The third-order valence-corrected chi connectivity index (χ3v) is 1.76. The van der Waals surface area contributed by atoms with Crippen LogP contribution in [0.2, 0.25) is 0 Å². The second-order valence-electron chi connectivity index (χ2n) is 2.55. The minimum absolute atomic E-state index is 0.00236. The highest BCUT2D eigenvalue weighted by Gasteiger charge is 2.03. The molecule has 0 aromatic heterocycles. The van der Waals surface area contributed by atoms with Gasteiger partial charge in [-0.3, -0.25) is 14.3 Å². The van der Waals surface area contributed by atoms with Crippen molar-refractivity contribution in [1.29, 1.82) is 0 Å². The summed E-state index contributed by atoms with van der Waals surface area (Å²) in [5, 5.41) is 16.5. The Bertz CT molecular complexity index is 235. The smallest absolute Gasteiger partial charge is 0.418 e. The molecule has 0 aliphatic rings. The van der Waals surface area contributed by atoms with Crippen LogP contribution in [0, 0.1) is 0 Å². The van der Waals surface area contributed by atoms with Crippen molar-refractivity contribution in [2.24, 2.45) is 0 Å². The monoisotopic (exact) mass is 252 g/mol. The molecule has 9 heteroatoms. The van der Waals surface area contributed by atoms with Crippen LogP contribution in [0.4, 0.5) is 4.79 Å². The first-order valence-corrected chi connectivity index (χ1v) is 5.09. The van der Waals surface area contributed by atoms with E-state index in [0.29, 0.717) is 12.1 Å². The zero-order valence-electron chi connectivity index (χ0n) is 8.26. The highest BCUT2D eigenvalue weighted by Crippen LogP contribution is 1.92. The van der Waals surface area contributed by atoms with Crippen molar-refractivity contribution in [3.8, 4) is 0 Å². The molecular weight excluding hydrogens is 240 g/mol. The summed E-state index contributed by atoms with van der Waals surface area (Å²) in [4.78, 5) is 31.0. The molecule has 0 saturated heterocycles. The van der Waals surface area contributed by atoms with Crippen LogP contribution in [-0.2, 0) is 14.3 Å². The van der Waals surface area contributed by atoms with Gasteiger partial charge in [0.05, 0.1) is 6.61 Å². The maximum Gasteiger partial charge on any atom is 0.418 e. The Hall–Kier alpha value is -1.48. The average molecular weight is 252 g/mol. The number of carbonyl (C=O) groups is 3.